The van der Waals surface area contributed by atoms with Crippen molar-refractivity contribution in [1.82, 2.24) is 5.32 Å². The SMILES string of the molecule is COc1ccc(CSCCC(NC(C)=O)C(=O)O)cc1. The average Bonchev–Trinajstić information content (AvgIpc) is 2.42. The second-order valence-corrected chi connectivity index (χ2v) is 5.39. The molecule has 1 amide bonds. The van der Waals surface area contributed by atoms with Gasteiger partial charge in [-0.25, -0.2) is 4.79 Å². The fourth-order valence-electron chi connectivity index (χ4n) is 1.62. The first-order valence-electron chi connectivity index (χ1n) is 6.23. The zero-order valence-electron chi connectivity index (χ0n) is 11.6. The van der Waals surface area contributed by atoms with Crippen LogP contribution in [0, 0.1) is 0 Å². The topological polar surface area (TPSA) is 75.6 Å². The number of methoxy groups -OCH3 is 1. The molecule has 0 saturated heterocycles. The Kier molecular flexibility index (Phi) is 6.93. The van der Waals surface area contributed by atoms with E-state index in [2.05, 4.69) is 5.32 Å². The molecule has 110 valence electrons. The lowest BCUT2D eigenvalue weighted by Crippen LogP contribution is -2.39. The molecular formula is C14H19NO4S. The lowest BCUT2D eigenvalue weighted by molar-refractivity contribution is -0.141. The first-order chi connectivity index (χ1) is 9.52. The fraction of sp³-hybridized carbons (Fsp3) is 0.429. The minimum absolute atomic E-state index is 0.322. The molecule has 0 aliphatic carbocycles. The van der Waals surface area contributed by atoms with Crippen molar-refractivity contribution >= 4 is 23.6 Å². The molecule has 20 heavy (non-hydrogen) atoms. The lowest BCUT2D eigenvalue weighted by Gasteiger charge is -2.12. The molecule has 0 fully saturated rings. The van der Waals surface area contributed by atoms with E-state index in [1.807, 2.05) is 24.3 Å². The maximum Gasteiger partial charge on any atom is 0.326 e. The molecule has 1 unspecified atom stereocenters. The third kappa shape index (κ3) is 5.97. The molecule has 1 aromatic rings. The number of hydrogen-bond acceptors (Lipinski definition) is 4. The Bertz CT molecular complexity index is 447. The van der Waals surface area contributed by atoms with Gasteiger partial charge in [-0.05, 0) is 29.9 Å². The standard InChI is InChI=1S/C14H19NO4S/c1-10(16)15-13(14(17)18)7-8-20-9-11-3-5-12(19-2)6-4-11/h3-6,13H,7-9H2,1-2H3,(H,15,16)(H,17,18). The molecule has 0 aliphatic rings. The number of rotatable bonds is 8. The molecule has 0 heterocycles. The minimum atomic E-state index is -0.995. The van der Waals surface area contributed by atoms with Crippen LogP contribution in [0.1, 0.15) is 18.9 Å². The zero-order valence-corrected chi connectivity index (χ0v) is 12.4. The van der Waals surface area contributed by atoms with Crippen LogP contribution < -0.4 is 10.1 Å². The summed E-state index contributed by atoms with van der Waals surface area (Å²) in [7, 11) is 1.62. The maximum absolute atomic E-state index is 10.9. The highest BCUT2D eigenvalue weighted by Crippen LogP contribution is 2.17. The Hall–Kier alpha value is -1.69. The number of hydrogen-bond donors (Lipinski definition) is 2. The summed E-state index contributed by atoms with van der Waals surface area (Å²) < 4.78 is 5.08. The van der Waals surface area contributed by atoms with Gasteiger partial charge in [-0.3, -0.25) is 4.79 Å². The molecule has 0 saturated carbocycles. The van der Waals surface area contributed by atoms with Gasteiger partial charge in [-0.2, -0.15) is 11.8 Å². The van der Waals surface area contributed by atoms with Crippen LogP contribution in [-0.4, -0.2) is 35.9 Å². The molecule has 0 radical (unpaired) electrons. The van der Waals surface area contributed by atoms with Gasteiger partial charge in [0.15, 0.2) is 0 Å². The quantitative estimate of drug-likeness (QED) is 0.717. The van der Waals surface area contributed by atoms with Crippen LogP contribution in [0.25, 0.3) is 0 Å². The summed E-state index contributed by atoms with van der Waals surface area (Å²) in [6.45, 7) is 1.32. The summed E-state index contributed by atoms with van der Waals surface area (Å²) in [5.41, 5.74) is 1.15. The van der Waals surface area contributed by atoms with Gasteiger partial charge in [0, 0.05) is 12.7 Å². The van der Waals surface area contributed by atoms with E-state index >= 15 is 0 Å². The molecular weight excluding hydrogens is 278 g/mol. The number of carbonyl (C=O) groups excluding carboxylic acids is 1. The van der Waals surface area contributed by atoms with E-state index in [9.17, 15) is 9.59 Å². The second kappa shape index (κ2) is 8.47. The van der Waals surface area contributed by atoms with E-state index in [0.29, 0.717) is 12.2 Å². The highest BCUT2D eigenvalue weighted by molar-refractivity contribution is 7.98. The van der Waals surface area contributed by atoms with E-state index in [1.165, 1.54) is 6.92 Å². The van der Waals surface area contributed by atoms with Crippen molar-refractivity contribution < 1.29 is 19.4 Å². The monoisotopic (exact) mass is 297 g/mol. The van der Waals surface area contributed by atoms with E-state index < -0.39 is 12.0 Å². The Morgan fingerprint density at radius 2 is 2.00 bits per heavy atom. The van der Waals surface area contributed by atoms with Gasteiger partial charge >= 0.3 is 5.97 Å². The number of amides is 1. The Morgan fingerprint density at radius 3 is 2.50 bits per heavy atom. The molecule has 2 N–H and O–H groups in total. The van der Waals surface area contributed by atoms with Crippen molar-refractivity contribution in [2.24, 2.45) is 0 Å². The van der Waals surface area contributed by atoms with E-state index in [1.54, 1.807) is 18.9 Å². The number of carboxylic acids is 1. The molecule has 0 aliphatic heterocycles. The predicted octanol–water partition coefficient (Wildman–Crippen LogP) is 1.91. The lowest BCUT2D eigenvalue weighted by atomic mass is 10.2. The number of nitrogens with one attached hydrogen (secondary N) is 1. The Balaban J connectivity index is 2.32. The van der Waals surface area contributed by atoms with Crippen LogP contribution in [0.15, 0.2) is 24.3 Å². The molecule has 0 bridgehead atoms. The van der Waals surface area contributed by atoms with Gasteiger partial charge in [0.25, 0.3) is 0 Å². The number of benzene rings is 1. The maximum atomic E-state index is 10.9. The van der Waals surface area contributed by atoms with Gasteiger partial charge in [0.2, 0.25) is 5.91 Å². The van der Waals surface area contributed by atoms with Gasteiger partial charge in [0.05, 0.1) is 7.11 Å². The molecule has 0 spiro atoms. The first kappa shape index (κ1) is 16.4. The molecule has 1 aromatic carbocycles. The summed E-state index contributed by atoms with van der Waals surface area (Å²) in [6.07, 6.45) is 0.412. The smallest absolute Gasteiger partial charge is 0.326 e. The minimum Gasteiger partial charge on any atom is -0.497 e. The summed E-state index contributed by atoms with van der Waals surface area (Å²) >= 11 is 1.64. The van der Waals surface area contributed by atoms with Crippen LogP contribution in [0.3, 0.4) is 0 Å². The third-order valence-electron chi connectivity index (χ3n) is 2.65. The van der Waals surface area contributed by atoms with Crippen molar-refractivity contribution in [2.75, 3.05) is 12.9 Å². The molecule has 0 aromatic heterocycles. The Morgan fingerprint density at radius 1 is 1.35 bits per heavy atom. The number of carboxylic acid groups (broad SMARTS) is 1. The van der Waals surface area contributed by atoms with E-state index in [0.717, 1.165) is 17.1 Å². The largest absolute Gasteiger partial charge is 0.497 e. The molecule has 5 nitrogen and oxygen atoms in total. The van der Waals surface area contributed by atoms with E-state index in [-0.39, 0.29) is 5.91 Å². The second-order valence-electron chi connectivity index (χ2n) is 4.28. The first-order valence-corrected chi connectivity index (χ1v) is 7.39. The van der Waals surface area contributed by atoms with Crippen molar-refractivity contribution in [3.8, 4) is 5.75 Å². The normalized spacial score (nSPS) is 11.7. The predicted molar refractivity (Wildman–Crippen MR) is 79.0 cm³/mol. The number of carbonyl (C=O) groups is 2. The number of aliphatic carboxylic acids is 1. The van der Waals surface area contributed by atoms with Crippen molar-refractivity contribution in [3.63, 3.8) is 0 Å². The van der Waals surface area contributed by atoms with Gasteiger partial charge in [-0.1, -0.05) is 12.1 Å². The van der Waals surface area contributed by atoms with E-state index in [4.69, 9.17) is 9.84 Å². The van der Waals surface area contributed by atoms with Gasteiger partial charge in [-0.15, -0.1) is 0 Å². The fourth-order valence-corrected chi connectivity index (χ4v) is 2.59. The highest BCUT2D eigenvalue weighted by atomic mass is 32.2. The van der Waals surface area contributed by atoms with Crippen molar-refractivity contribution in [2.45, 2.75) is 25.1 Å². The van der Waals surface area contributed by atoms with Crippen LogP contribution in [0.2, 0.25) is 0 Å². The summed E-state index contributed by atoms with van der Waals surface area (Å²) in [4.78, 5) is 21.8. The molecule has 6 heteroatoms. The molecule has 1 rings (SSSR count). The summed E-state index contributed by atoms with van der Waals surface area (Å²) in [5.74, 6) is 0.970. The zero-order chi connectivity index (χ0) is 15.0. The van der Waals surface area contributed by atoms with Crippen LogP contribution in [0.4, 0.5) is 0 Å². The average molecular weight is 297 g/mol. The van der Waals surface area contributed by atoms with Crippen LogP contribution in [0.5, 0.6) is 5.75 Å². The van der Waals surface area contributed by atoms with Crippen molar-refractivity contribution in [1.29, 1.82) is 0 Å². The highest BCUT2D eigenvalue weighted by Gasteiger charge is 2.17. The van der Waals surface area contributed by atoms with Crippen LogP contribution in [-0.2, 0) is 15.3 Å². The van der Waals surface area contributed by atoms with Crippen molar-refractivity contribution in [3.05, 3.63) is 29.8 Å². The van der Waals surface area contributed by atoms with Crippen LogP contribution >= 0.6 is 11.8 Å². The van der Waals surface area contributed by atoms with Gasteiger partial charge < -0.3 is 15.2 Å². The molecule has 1 atom stereocenters. The summed E-state index contributed by atoms with van der Waals surface area (Å²) in [5, 5.41) is 11.4. The number of thioether (sulfide) groups is 1. The number of ether oxygens (including phenoxy) is 1. The summed E-state index contributed by atoms with van der Waals surface area (Å²) in [6, 6.07) is 6.94. The van der Waals surface area contributed by atoms with Gasteiger partial charge in [0.1, 0.15) is 11.8 Å². The third-order valence-corrected chi connectivity index (χ3v) is 3.72. The Labute approximate surface area is 122 Å².